The monoisotopic (exact) mass is 274 g/mol. The third-order valence-electron chi connectivity index (χ3n) is 5.45. The molecule has 5 heteroatoms. The Hall–Kier alpha value is -1.78. The van der Waals surface area contributed by atoms with Gasteiger partial charge in [-0.3, -0.25) is 10.1 Å². The van der Waals surface area contributed by atoms with Gasteiger partial charge in [0, 0.05) is 23.9 Å². The summed E-state index contributed by atoms with van der Waals surface area (Å²) in [6, 6.07) is 5.63. The van der Waals surface area contributed by atoms with Crippen molar-refractivity contribution in [2.24, 2.45) is 23.7 Å². The van der Waals surface area contributed by atoms with Crippen LogP contribution in [0.3, 0.4) is 0 Å². The van der Waals surface area contributed by atoms with Crippen LogP contribution in [0.4, 0.5) is 11.4 Å². The number of nitro benzene ring substituents is 1. The fourth-order valence-corrected chi connectivity index (χ4v) is 4.63. The van der Waals surface area contributed by atoms with E-state index in [2.05, 4.69) is 5.32 Å². The molecule has 0 spiro atoms. The number of nitro groups is 1. The van der Waals surface area contributed by atoms with Gasteiger partial charge in [0.2, 0.25) is 0 Å². The van der Waals surface area contributed by atoms with E-state index in [0.29, 0.717) is 11.8 Å². The van der Waals surface area contributed by atoms with Gasteiger partial charge < -0.3 is 10.1 Å². The summed E-state index contributed by atoms with van der Waals surface area (Å²) >= 11 is 0. The zero-order valence-corrected chi connectivity index (χ0v) is 11.4. The molecule has 4 unspecified atom stereocenters. The fourth-order valence-electron chi connectivity index (χ4n) is 4.63. The van der Waals surface area contributed by atoms with E-state index in [1.54, 1.807) is 12.1 Å². The second-order valence-electron chi connectivity index (χ2n) is 6.30. The number of nitrogens with one attached hydrogen (secondary N) is 1. The molecule has 1 aromatic carbocycles. The SMILES string of the molecule is COc1cc(NC2C3C4CCC(C4)C23)ccc1[N+](=O)[O-]. The van der Waals surface area contributed by atoms with Gasteiger partial charge in [-0.1, -0.05) is 0 Å². The highest BCUT2D eigenvalue weighted by Gasteiger charge is 2.64. The first-order valence-electron chi connectivity index (χ1n) is 7.28. The first-order valence-corrected chi connectivity index (χ1v) is 7.28. The molecule has 1 N–H and O–H groups in total. The molecule has 3 aliphatic rings. The summed E-state index contributed by atoms with van der Waals surface area (Å²) < 4.78 is 5.12. The Labute approximate surface area is 117 Å². The fraction of sp³-hybridized carbons (Fsp3) is 0.600. The van der Waals surface area contributed by atoms with E-state index in [-0.39, 0.29) is 5.69 Å². The lowest BCUT2D eigenvalue weighted by atomic mass is 10.0. The highest BCUT2D eigenvalue weighted by atomic mass is 16.6. The highest BCUT2D eigenvalue weighted by Crippen LogP contribution is 2.66. The molecule has 3 saturated carbocycles. The van der Waals surface area contributed by atoms with Crippen molar-refractivity contribution in [2.75, 3.05) is 12.4 Å². The first kappa shape index (κ1) is 12.0. The number of anilines is 1. The van der Waals surface area contributed by atoms with Gasteiger partial charge in [0.05, 0.1) is 12.0 Å². The van der Waals surface area contributed by atoms with Gasteiger partial charge in [0.15, 0.2) is 5.75 Å². The van der Waals surface area contributed by atoms with Crippen LogP contribution < -0.4 is 10.1 Å². The Bertz CT molecular complexity index is 558. The van der Waals surface area contributed by atoms with Crippen molar-refractivity contribution >= 4 is 11.4 Å². The third-order valence-corrected chi connectivity index (χ3v) is 5.45. The maximum atomic E-state index is 10.9. The van der Waals surface area contributed by atoms with Gasteiger partial charge in [-0.2, -0.15) is 0 Å². The molecule has 0 radical (unpaired) electrons. The number of hydrogen-bond donors (Lipinski definition) is 1. The van der Waals surface area contributed by atoms with Gasteiger partial charge in [0.1, 0.15) is 0 Å². The third kappa shape index (κ3) is 1.62. The molecule has 106 valence electrons. The van der Waals surface area contributed by atoms with Gasteiger partial charge >= 0.3 is 5.69 Å². The van der Waals surface area contributed by atoms with Crippen molar-refractivity contribution in [3.63, 3.8) is 0 Å². The van der Waals surface area contributed by atoms with Crippen LogP contribution >= 0.6 is 0 Å². The van der Waals surface area contributed by atoms with E-state index >= 15 is 0 Å². The molecule has 0 aromatic heterocycles. The topological polar surface area (TPSA) is 64.4 Å². The maximum Gasteiger partial charge on any atom is 0.311 e. The normalized spacial score (nSPS) is 36.5. The predicted molar refractivity (Wildman–Crippen MR) is 74.9 cm³/mol. The highest BCUT2D eigenvalue weighted by molar-refractivity contribution is 5.59. The number of ether oxygens (including phenoxy) is 1. The second kappa shape index (κ2) is 4.11. The smallest absolute Gasteiger partial charge is 0.311 e. The van der Waals surface area contributed by atoms with E-state index < -0.39 is 4.92 Å². The molecule has 2 bridgehead atoms. The van der Waals surface area contributed by atoms with Crippen LogP contribution in [0.15, 0.2) is 18.2 Å². The van der Waals surface area contributed by atoms with Crippen molar-refractivity contribution < 1.29 is 9.66 Å². The van der Waals surface area contributed by atoms with Crippen LogP contribution in [0.25, 0.3) is 0 Å². The van der Waals surface area contributed by atoms with Crippen LogP contribution in [0.5, 0.6) is 5.75 Å². The molecule has 1 aromatic rings. The predicted octanol–water partition coefficient (Wildman–Crippen LogP) is 3.06. The van der Waals surface area contributed by atoms with Crippen LogP contribution in [0, 0.1) is 33.8 Å². The summed E-state index contributed by atoms with van der Waals surface area (Å²) in [7, 11) is 1.47. The summed E-state index contributed by atoms with van der Waals surface area (Å²) in [5.74, 6) is 3.85. The number of rotatable bonds is 4. The quantitative estimate of drug-likeness (QED) is 0.677. The van der Waals surface area contributed by atoms with Crippen molar-refractivity contribution in [2.45, 2.75) is 25.3 Å². The summed E-state index contributed by atoms with van der Waals surface area (Å²) in [5.41, 5.74) is 0.959. The summed E-state index contributed by atoms with van der Waals surface area (Å²) in [4.78, 5) is 10.5. The van der Waals surface area contributed by atoms with Gasteiger partial charge in [-0.25, -0.2) is 0 Å². The van der Waals surface area contributed by atoms with E-state index in [1.165, 1.54) is 32.4 Å². The minimum Gasteiger partial charge on any atom is -0.490 e. The number of nitrogens with zero attached hydrogens (tertiary/aromatic N) is 1. The molecule has 4 rings (SSSR count). The van der Waals surface area contributed by atoms with Crippen molar-refractivity contribution in [3.05, 3.63) is 28.3 Å². The minimum atomic E-state index is -0.408. The molecule has 3 fully saturated rings. The Balaban J connectivity index is 1.52. The molecule has 4 atom stereocenters. The number of methoxy groups -OCH3 is 1. The number of benzene rings is 1. The summed E-state index contributed by atoms with van der Waals surface area (Å²) in [5, 5.41) is 14.4. The zero-order valence-electron chi connectivity index (χ0n) is 11.4. The molecule has 0 saturated heterocycles. The molecule has 0 amide bonds. The standard InChI is InChI=1S/C15H18N2O3/c1-20-12-7-10(4-5-11(12)17(18)19)16-15-13-8-2-3-9(6-8)14(13)15/h4-5,7-9,13-16H,2-3,6H2,1H3. The molecule has 3 aliphatic carbocycles. The summed E-state index contributed by atoms with van der Waals surface area (Å²) in [6.07, 6.45) is 4.22. The van der Waals surface area contributed by atoms with Crippen LogP contribution in [0.1, 0.15) is 19.3 Å². The van der Waals surface area contributed by atoms with E-state index in [4.69, 9.17) is 4.74 Å². The largest absolute Gasteiger partial charge is 0.490 e. The zero-order chi connectivity index (χ0) is 13.9. The minimum absolute atomic E-state index is 0.0223. The van der Waals surface area contributed by atoms with Crippen molar-refractivity contribution in [1.29, 1.82) is 0 Å². The van der Waals surface area contributed by atoms with E-state index in [0.717, 1.165) is 29.4 Å². The summed E-state index contributed by atoms with van der Waals surface area (Å²) in [6.45, 7) is 0. The Morgan fingerprint density at radius 3 is 2.60 bits per heavy atom. The Morgan fingerprint density at radius 2 is 2.00 bits per heavy atom. The molecular formula is C15H18N2O3. The average molecular weight is 274 g/mol. The Kier molecular flexibility index (Phi) is 2.46. The number of fused-ring (bicyclic) bond motifs is 5. The first-order chi connectivity index (χ1) is 9.69. The molecule has 5 nitrogen and oxygen atoms in total. The second-order valence-corrected chi connectivity index (χ2v) is 6.30. The molecule has 20 heavy (non-hydrogen) atoms. The average Bonchev–Trinajstić information content (AvgIpc) is 2.84. The number of hydrogen-bond acceptors (Lipinski definition) is 4. The van der Waals surface area contributed by atoms with Gasteiger partial charge in [-0.15, -0.1) is 0 Å². The van der Waals surface area contributed by atoms with Gasteiger partial charge in [-0.05, 0) is 49.0 Å². The van der Waals surface area contributed by atoms with Crippen molar-refractivity contribution in [3.8, 4) is 5.75 Å². The van der Waals surface area contributed by atoms with Crippen LogP contribution in [-0.4, -0.2) is 18.1 Å². The molecule has 0 heterocycles. The maximum absolute atomic E-state index is 10.9. The molecule has 0 aliphatic heterocycles. The van der Waals surface area contributed by atoms with Crippen LogP contribution in [-0.2, 0) is 0 Å². The van der Waals surface area contributed by atoms with E-state index in [1.807, 2.05) is 0 Å². The van der Waals surface area contributed by atoms with Crippen LogP contribution in [0.2, 0.25) is 0 Å². The lowest BCUT2D eigenvalue weighted by molar-refractivity contribution is -0.385. The van der Waals surface area contributed by atoms with Crippen molar-refractivity contribution in [1.82, 2.24) is 0 Å². The van der Waals surface area contributed by atoms with Gasteiger partial charge in [0.25, 0.3) is 0 Å². The lowest BCUT2D eigenvalue weighted by Crippen LogP contribution is -2.12. The molecular weight excluding hydrogens is 256 g/mol. The van der Waals surface area contributed by atoms with E-state index in [9.17, 15) is 10.1 Å². The lowest BCUT2D eigenvalue weighted by Gasteiger charge is -2.12. The Morgan fingerprint density at radius 1 is 1.30 bits per heavy atom.